The van der Waals surface area contributed by atoms with Gasteiger partial charge in [0.15, 0.2) is 0 Å². The van der Waals surface area contributed by atoms with Crippen molar-refractivity contribution < 1.29 is 15.4 Å². The Morgan fingerprint density at radius 1 is 0.488 bits per heavy atom. The molecule has 230 valence electrons. The van der Waals surface area contributed by atoms with Gasteiger partial charge in [-0.25, -0.2) is 0 Å². The maximum absolute atomic E-state index is 9.95. The average molecular weight is 602 g/mol. The van der Waals surface area contributed by atoms with E-state index in [1.165, 1.54) is 89.9 Å². The summed E-state index contributed by atoms with van der Waals surface area (Å²) in [7, 11) is 0. The minimum atomic E-state index is 0.372. The van der Waals surface area contributed by atoms with Gasteiger partial charge in [0, 0.05) is 9.79 Å². The van der Waals surface area contributed by atoms with Gasteiger partial charge in [-0.3, -0.25) is 0 Å². The van der Waals surface area contributed by atoms with Crippen LogP contribution in [0.4, 0.5) is 0 Å². The van der Waals surface area contributed by atoms with Crippen molar-refractivity contribution in [1.29, 1.82) is 0 Å². The van der Waals surface area contributed by atoms with Crippen molar-refractivity contribution in [2.75, 3.05) is 0 Å². The summed E-state index contributed by atoms with van der Waals surface area (Å²) in [6, 6.07) is 11.3. The first-order valence-electron chi connectivity index (χ1n) is 16.2. The molecule has 2 aromatic rings. The van der Waals surface area contributed by atoms with Crippen molar-refractivity contribution >= 4 is 31.0 Å². The highest BCUT2D eigenvalue weighted by Gasteiger charge is 2.04. The van der Waals surface area contributed by atoms with Crippen molar-refractivity contribution in [2.24, 2.45) is 5.16 Å². The van der Waals surface area contributed by atoms with E-state index in [0.717, 1.165) is 78.0 Å². The first-order valence-corrected chi connectivity index (χ1v) is 17.1. The third-order valence-corrected chi connectivity index (χ3v) is 8.66. The highest BCUT2D eigenvalue weighted by molar-refractivity contribution is 7.80. The normalized spacial score (nSPS) is 11.2. The predicted octanol–water partition coefficient (Wildman–Crippen LogP) is 11.1. The molecule has 2 aromatic carbocycles. The van der Waals surface area contributed by atoms with Gasteiger partial charge in [0.05, 0.1) is 5.71 Å². The Hall–Kier alpha value is -1.79. The van der Waals surface area contributed by atoms with Gasteiger partial charge in [-0.1, -0.05) is 107 Å². The summed E-state index contributed by atoms with van der Waals surface area (Å²) in [5.41, 5.74) is 3.04. The summed E-state index contributed by atoms with van der Waals surface area (Å²) in [5.74, 6) is 0.744. The largest absolute Gasteiger partial charge is 0.508 e. The first kappa shape index (κ1) is 35.4. The van der Waals surface area contributed by atoms with E-state index in [4.69, 9.17) is 0 Å². The van der Waals surface area contributed by atoms with Gasteiger partial charge < -0.3 is 15.4 Å². The number of nitrogens with zero attached hydrogens (tertiary/aromatic N) is 1. The Kier molecular flexibility index (Phi) is 19.7. The van der Waals surface area contributed by atoms with Crippen molar-refractivity contribution in [1.82, 2.24) is 0 Å². The third-order valence-electron chi connectivity index (χ3n) is 8.10. The van der Waals surface area contributed by atoms with Gasteiger partial charge in [-0.05, 0) is 86.8 Å². The number of benzene rings is 2. The van der Waals surface area contributed by atoms with Gasteiger partial charge in [0.2, 0.25) is 0 Å². The maximum atomic E-state index is 9.95. The summed E-state index contributed by atoms with van der Waals surface area (Å²) in [6.45, 7) is 0. The molecule has 0 fully saturated rings. The van der Waals surface area contributed by atoms with Crippen LogP contribution in [0.5, 0.6) is 11.5 Å². The Morgan fingerprint density at radius 3 is 1.12 bits per heavy atom. The smallest absolute Gasteiger partial charge is 0.119 e. The Labute approximate surface area is 260 Å². The van der Waals surface area contributed by atoms with Crippen LogP contribution in [-0.4, -0.2) is 21.1 Å². The third kappa shape index (κ3) is 17.0. The predicted molar refractivity (Wildman–Crippen MR) is 180 cm³/mol. The van der Waals surface area contributed by atoms with Gasteiger partial charge in [0.25, 0.3) is 0 Å². The van der Waals surface area contributed by atoms with E-state index in [9.17, 15) is 15.4 Å². The zero-order chi connectivity index (χ0) is 29.5. The fourth-order valence-electron chi connectivity index (χ4n) is 5.52. The lowest BCUT2D eigenvalue weighted by atomic mass is 10.0. The molecule has 0 aliphatic heterocycles. The number of phenols is 2. The molecule has 0 aliphatic carbocycles. The lowest BCUT2D eigenvalue weighted by Crippen LogP contribution is -1.99. The van der Waals surface area contributed by atoms with Crippen LogP contribution in [-0.2, 0) is 12.8 Å². The molecule has 0 atom stereocenters. The molecule has 0 unspecified atom stereocenters. The topological polar surface area (TPSA) is 73.1 Å². The van der Waals surface area contributed by atoms with Crippen LogP contribution >= 0.6 is 25.3 Å². The molecule has 0 bridgehead atoms. The molecular formula is C35H55NO3S2. The number of oxime groups is 1. The van der Waals surface area contributed by atoms with Crippen LogP contribution in [0.3, 0.4) is 0 Å². The molecule has 2 rings (SSSR count). The van der Waals surface area contributed by atoms with Crippen LogP contribution in [0, 0.1) is 0 Å². The maximum Gasteiger partial charge on any atom is 0.119 e. The highest BCUT2D eigenvalue weighted by atomic mass is 32.1. The highest BCUT2D eigenvalue weighted by Crippen LogP contribution is 2.24. The first-order chi connectivity index (χ1) is 20.0. The van der Waals surface area contributed by atoms with Gasteiger partial charge >= 0.3 is 0 Å². The number of aromatic hydroxyl groups is 2. The zero-order valence-electron chi connectivity index (χ0n) is 25.2. The van der Waals surface area contributed by atoms with Crippen LogP contribution < -0.4 is 0 Å². The molecule has 0 saturated carbocycles. The number of aryl methyl sites for hydroxylation is 2. The SMILES string of the molecule is ON=C(CCCCCCCCCCCc1ccc(S)cc1O)CCCCCCCCCCCc1ccc(S)cc1O. The molecule has 0 radical (unpaired) electrons. The Morgan fingerprint density at radius 2 is 0.805 bits per heavy atom. The molecule has 0 heterocycles. The van der Waals surface area contributed by atoms with Crippen molar-refractivity contribution in [3.05, 3.63) is 47.5 Å². The van der Waals surface area contributed by atoms with E-state index in [0.29, 0.717) is 11.5 Å². The monoisotopic (exact) mass is 601 g/mol. The molecule has 0 aromatic heterocycles. The van der Waals surface area contributed by atoms with E-state index in [1.807, 2.05) is 24.3 Å². The summed E-state index contributed by atoms with van der Waals surface area (Å²) in [5, 5.41) is 32.9. The number of rotatable bonds is 24. The van der Waals surface area contributed by atoms with Gasteiger partial charge in [-0.2, -0.15) is 0 Å². The van der Waals surface area contributed by atoms with Crippen molar-refractivity contribution in [3.63, 3.8) is 0 Å². The number of hydrogen-bond acceptors (Lipinski definition) is 6. The number of unbranched alkanes of at least 4 members (excludes halogenated alkanes) is 16. The minimum Gasteiger partial charge on any atom is -0.508 e. The number of thiol groups is 2. The van der Waals surface area contributed by atoms with Crippen LogP contribution in [0.25, 0.3) is 0 Å². The van der Waals surface area contributed by atoms with E-state index in [1.54, 1.807) is 12.1 Å². The molecule has 4 nitrogen and oxygen atoms in total. The number of phenolic OH excluding ortho intramolecular Hbond substituents is 2. The van der Waals surface area contributed by atoms with Crippen molar-refractivity contribution in [2.45, 2.75) is 151 Å². The summed E-state index contributed by atoms with van der Waals surface area (Å²) in [4.78, 5) is 1.62. The fraction of sp³-hybridized carbons (Fsp3) is 0.629. The lowest BCUT2D eigenvalue weighted by molar-refractivity contribution is 0.315. The van der Waals surface area contributed by atoms with E-state index >= 15 is 0 Å². The van der Waals surface area contributed by atoms with E-state index < -0.39 is 0 Å². The van der Waals surface area contributed by atoms with Crippen molar-refractivity contribution in [3.8, 4) is 11.5 Å². The molecule has 3 N–H and O–H groups in total. The minimum absolute atomic E-state index is 0.372. The molecule has 0 spiro atoms. The standard InChI is InChI=1S/C35H55NO3S2/c37-34-27-32(40)25-23-29(34)19-15-11-7-3-1-5-9-13-17-21-31(36-39)22-18-14-10-6-2-4-8-12-16-20-30-24-26-33(41)28-35(30)38/h23-28,37-41H,1-22H2. The summed E-state index contributed by atoms with van der Waals surface area (Å²) in [6.07, 6.45) is 26.0. The lowest BCUT2D eigenvalue weighted by Gasteiger charge is -2.07. The second-order valence-corrected chi connectivity index (χ2v) is 12.7. The second-order valence-electron chi connectivity index (χ2n) is 11.7. The molecule has 0 saturated heterocycles. The summed E-state index contributed by atoms with van der Waals surface area (Å²) < 4.78 is 0. The zero-order valence-corrected chi connectivity index (χ0v) is 27.0. The summed E-state index contributed by atoms with van der Waals surface area (Å²) >= 11 is 8.52. The molecule has 0 aliphatic rings. The molecule has 41 heavy (non-hydrogen) atoms. The fourth-order valence-corrected chi connectivity index (χ4v) is 5.91. The molecule has 6 heteroatoms. The quantitative estimate of drug-likeness (QED) is 0.0273. The molecule has 0 amide bonds. The van der Waals surface area contributed by atoms with E-state index in [-0.39, 0.29) is 0 Å². The average Bonchev–Trinajstić information content (AvgIpc) is 2.95. The van der Waals surface area contributed by atoms with Crippen LogP contribution in [0.2, 0.25) is 0 Å². The van der Waals surface area contributed by atoms with Crippen LogP contribution in [0.1, 0.15) is 140 Å². The second kappa shape index (κ2) is 22.8. The Bertz CT molecular complexity index is 920. The van der Waals surface area contributed by atoms with Gasteiger partial charge in [0.1, 0.15) is 11.5 Å². The Balaban J connectivity index is 1.32. The van der Waals surface area contributed by atoms with E-state index in [2.05, 4.69) is 30.4 Å². The van der Waals surface area contributed by atoms with Crippen LogP contribution in [0.15, 0.2) is 51.3 Å². The molecular weight excluding hydrogens is 547 g/mol. The van der Waals surface area contributed by atoms with Gasteiger partial charge in [-0.15, -0.1) is 25.3 Å². The number of hydrogen-bond donors (Lipinski definition) is 5.